The number of ether oxygens (including phenoxy) is 1. The summed E-state index contributed by atoms with van der Waals surface area (Å²) in [5, 5.41) is 8.94. The minimum atomic E-state index is -0.900. The summed E-state index contributed by atoms with van der Waals surface area (Å²) in [5.41, 5.74) is 5.12. The van der Waals surface area contributed by atoms with E-state index in [4.69, 9.17) is 9.84 Å². The molecule has 1 aliphatic rings. The van der Waals surface area contributed by atoms with Gasteiger partial charge in [0.05, 0.1) is 5.56 Å². The molecule has 1 heterocycles. The Morgan fingerprint density at radius 3 is 2.48 bits per heavy atom. The maximum atomic E-state index is 10.9. The predicted molar refractivity (Wildman–Crippen MR) is 81.0 cm³/mol. The fourth-order valence-corrected chi connectivity index (χ4v) is 2.73. The van der Waals surface area contributed by atoms with E-state index in [0.29, 0.717) is 5.56 Å². The Balaban J connectivity index is 1.85. The highest BCUT2D eigenvalue weighted by Gasteiger charge is 2.22. The molecule has 3 rings (SSSR count). The molecule has 0 saturated heterocycles. The Labute approximate surface area is 124 Å². The van der Waals surface area contributed by atoms with Crippen molar-refractivity contribution in [1.29, 1.82) is 0 Å². The average molecular weight is 282 g/mol. The Morgan fingerprint density at radius 1 is 1.14 bits per heavy atom. The largest absolute Gasteiger partial charge is 0.485 e. The van der Waals surface area contributed by atoms with Gasteiger partial charge in [0.25, 0.3) is 0 Å². The van der Waals surface area contributed by atoms with Gasteiger partial charge >= 0.3 is 5.97 Å². The summed E-state index contributed by atoms with van der Waals surface area (Å²) in [6, 6.07) is 11.3. The Kier molecular flexibility index (Phi) is 3.42. The van der Waals surface area contributed by atoms with Gasteiger partial charge in [-0.15, -0.1) is 0 Å². The van der Waals surface area contributed by atoms with E-state index in [1.165, 1.54) is 16.7 Å². The quantitative estimate of drug-likeness (QED) is 0.903. The number of aromatic carboxylic acids is 1. The molecule has 0 spiro atoms. The Bertz CT molecular complexity index is 686. The lowest BCUT2D eigenvalue weighted by atomic mass is 9.94. The van der Waals surface area contributed by atoms with Crippen LogP contribution in [0.2, 0.25) is 0 Å². The molecule has 0 aliphatic carbocycles. The van der Waals surface area contributed by atoms with Crippen LogP contribution in [0.5, 0.6) is 5.75 Å². The summed E-state index contributed by atoms with van der Waals surface area (Å²) in [4.78, 5) is 10.9. The van der Waals surface area contributed by atoms with Crippen LogP contribution < -0.4 is 4.74 Å². The third-order valence-electron chi connectivity index (χ3n) is 4.15. The van der Waals surface area contributed by atoms with E-state index in [1.54, 1.807) is 12.1 Å². The minimum absolute atomic E-state index is 0.00227. The van der Waals surface area contributed by atoms with Gasteiger partial charge in [-0.05, 0) is 67.1 Å². The molecule has 2 aromatic carbocycles. The van der Waals surface area contributed by atoms with Crippen molar-refractivity contribution in [2.75, 3.05) is 0 Å². The molecule has 1 unspecified atom stereocenters. The Hall–Kier alpha value is -2.29. The molecule has 21 heavy (non-hydrogen) atoms. The maximum absolute atomic E-state index is 10.9. The highest BCUT2D eigenvalue weighted by molar-refractivity contribution is 5.87. The van der Waals surface area contributed by atoms with Crippen molar-refractivity contribution in [1.82, 2.24) is 0 Å². The standard InChI is InChI=1S/C18H18O3/c1-11-9-15-7-8-16(21-17(15)10-12(11)2)13-3-5-14(6-4-13)18(19)20/h3-6,9-10,16H,7-8H2,1-2H3,(H,19,20). The molecule has 2 aromatic rings. The van der Waals surface area contributed by atoms with E-state index < -0.39 is 5.97 Å². The van der Waals surface area contributed by atoms with Gasteiger partial charge in [-0.1, -0.05) is 18.2 Å². The Morgan fingerprint density at radius 2 is 1.81 bits per heavy atom. The van der Waals surface area contributed by atoms with E-state index in [0.717, 1.165) is 24.2 Å². The van der Waals surface area contributed by atoms with Gasteiger partial charge in [0, 0.05) is 0 Å². The second kappa shape index (κ2) is 5.24. The van der Waals surface area contributed by atoms with Crippen LogP contribution in [0.25, 0.3) is 0 Å². The van der Waals surface area contributed by atoms with Crippen LogP contribution in [0.1, 0.15) is 45.1 Å². The zero-order valence-electron chi connectivity index (χ0n) is 12.2. The van der Waals surface area contributed by atoms with Crippen molar-refractivity contribution in [3.63, 3.8) is 0 Å². The van der Waals surface area contributed by atoms with Crippen molar-refractivity contribution in [3.05, 3.63) is 64.2 Å². The van der Waals surface area contributed by atoms with Crippen LogP contribution in [0.15, 0.2) is 36.4 Å². The number of carbonyl (C=O) groups is 1. The predicted octanol–water partition coefficient (Wildman–Crippen LogP) is 4.07. The van der Waals surface area contributed by atoms with Crippen molar-refractivity contribution < 1.29 is 14.6 Å². The van der Waals surface area contributed by atoms with Gasteiger partial charge in [-0.2, -0.15) is 0 Å². The van der Waals surface area contributed by atoms with Gasteiger partial charge < -0.3 is 9.84 Å². The molecule has 1 atom stereocenters. The van der Waals surface area contributed by atoms with Gasteiger partial charge in [0.15, 0.2) is 0 Å². The van der Waals surface area contributed by atoms with E-state index in [2.05, 4.69) is 26.0 Å². The molecule has 0 bridgehead atoms. The van der Waals surface area contributed by atoms with Crippen LogP contribution in [-0.2, 0) is 6.42 Å². The monoisotopic (exact) mass is 282 g/mol. The number of aryl methyl sites for hydroxylation is 3. The van der Waals surface area contributed by atoms with E-state index in [9.17, 15) is 4.79 Å². The SMILES string of the molecule is Cc1cc2c(cc1C)OC(c1ccc(C(=O)O)cc1)CC2. The van der Waals surface area contributed by atoms with Gasteiger partial charge in [0.1, 0.15) is 11.9 Å². The number of carboxylic acids is 1. The molecule has 108 valence electrons. The molecule has 0 aromatic heterocycles. The third kappa shape index (κ3) is 2.64. The van der Waals surface area contributed by atoms with Crippen LogP contribution in [0.4, 0.5) is 0 Å². The number of fused-ring (bicyclic) bond motifs is 1. The molecular formula is C18H18O3. The number of hydrogen-bond acceptors (Lipinski definition) is 2. The van der Waals surface area contributed by atoms with E-state index >= 15 is 0 Å². The lowest BCUT2D eigenvalue weighted by Gasteiger charge is -2.27. The molecule has 0 radical (unpaired) electrons. The zero-order valence-corrected chi connectivity index (χ0v) is 12.2. The first-order chi connectivity index (χ1) is 10.0. The molecule has 1 aliphatic heterocycles. The number of hydrogen-bond donors (Lipinski definition) is 1. The summed E-state index contributed by atoms with van der Waals surface area (Å²) < 4.78 is 6.11. The fourth-order valence-electron chi connectivity index (χ4n) is 2.73. The first kappa shape index (κ1) is 13.7. The van der Waals surface area contributed by atoms with Crippen LogP contribution in [0.3, 0.4) is 0 Å². The molecule has 3 nitrogen and oxygen atoms in total. The second-order valence-electron chi connectivity index (χ2n) is 5.62. The smallest absolute Gasteiger partial charge is 0.335 e. The average Bonchev–Trinajstić information content (AvgIpc) is 2.48. The van der Waals surface area contributed by atoms with Crippen molar-refractivity contribution >= 4 is 5.97 Å². The highest BCUT2D eigenvalue weighted by Crippen LogP contribution is 2.36. The molecule has 1 N–H and O–H groups in total. The topological polar surface area (TPSA) is 46.5 Å². The summed E-state index contributed by atoms with van der Waals surface area (Å²) in [6.45, 7) is 4.20. The molecule has 0 fully saturated rings. The lowest BCUT2D eigenvalue weighted by molar-refractivity contribution is 0.0696. The maximum Gasteiger partial charge on any atom is 0.335 e. The van der Waals surface area contributed by atoms with Crippen molar-refractivity contribution in [3.8, 4) is 5.75 Å². The van der Waals surface area contributed by atoms with Crippen LogP contribution >= 0.6 is 0 Å². The van der Waals surface area contributed by atoms with Crippen molar-refractivity contribution in [2.24, 2.45) is 0 Å². The number of carboxylic acid groups (broad SMARTS) is 1. The lowest BCUT2D eigenvalue weighted by Crippen LogP contribution is -2.15. The molecule has 0 saturated carbocycles. The number of benzene rings is 2. The van der Waals surface area contributed by atoms with Gasteiger partial charge in [-0.3, -0.25) is 0 Å². The summed E-state index contributed by atoms with van der Waals surface area (Å²) in [7, 11) is 0. The second-order valence-corrected chi connectivity index (χ2v) is 5.62. The third-order valence-corrected chi connectivity index (χ3v) is 4.15. The van der Waals surface area contributed by atoms with Gasteiger partial charge in [0.2, 0.25) is 0 Å². The summed E-state index contributed by atoms with van der Waals surface area (Å²) in [5.74, 6) is 0.0548. The summed E-state index contributed by atoms with van der Waals surface area (Å²) >= 11 is 0. The van der Waals surface area contributed by atoms with Crippen LogP contribution in [0, 0.1) is 13.8 Å². The van der Waals surface area contributed by atoms with Crippen LogP contribution in [-0.4, -0.2) is 11.1 Å². The minimum Gasteiger partial charge on any atom is -0.485 e. The highest BCUT2D eigenvalue weighted by atomic mass is 16.5. The molecular weight excluding hydrogens is 264 g/mol. The zero-order chi connectivity index (χ0) is 15.0. The molecule has 0 amide bonds. The fraction of sp³-hybridized carbons (Fsp3) is 0.278. The first-order valence-electron chi connectivity index (χ1n) is 7.14. The van der Waals surface area contributed by atoms with Gasteiger partial charge in [-0.25, -0.2) is 4.79 Å². The molecule has 3 heteroatoms. The van der Waals surface area contributed by atoms with E-state index in [1.807, 2.05) is 12.1 Å². The van der Waals surface area contributed by atoms with E-state index in [-0.39, 0.29) is 6.10 Å². The summed E-state index contributed by atoms with van der Waals surface area (Å²) in [6.07, 6.45) is 1.91. The van der Waals surface area contributed by atoms with Crippen molar-refractivity contribution in [2.45, 2.75) is 32.8 Å². The number of rotatable bonds is 2. The first-order valence-corrected chi connectivity index (χ1v) is 7.14. The normalized spacial score (nSPS) is 17.0.